The first-order valence-electron chi connectivity index (χ1n) is 11.7. The second kappa shape index (κ2) is 10.3. The molecular formula is C26H30N2O6. The maximum absolute atomic E-state index is 13.0. The summed E-state index contributed by atoms with van der Waals surface area (Å²) in [5, 5.41) is 14.7. The molecule has 0 radical (unpaired) electrons. The van der Waals surface area contributed by atoms with Gasteiger partial charge in [-0.1, -0.05) is 68.8 Å². The molecule has 8 heteroatoms. The largest absolute Gasteiger partial charge is 0.479 e. The molecule has 8 nitrogen and oxygen atoms in total. The lowest BCUT2D eigenvalue weighted by Crippen LogP contribution is -2.54. The van der Waals surface area contributed by atoms with Gasteiger partial charge in [-0.2, -0.15) is 0 Å². The molecule has 180 valence electrons. The third kappa shape index (κ3) is 4.77. The fraction of sp³-hybridized carbons (Fsp3) is 0.423. The molecule has 2 aliphatic rings. The van der Waals surface area contributed by atoms with Crippen molar-refractivity contribution in [3.05, 3.63) is 59.7 Å². The number of carboxylic acids is 1. The van der Waals surface area contributed by atoms with Crippen molar-refractivity contribution in [2.45, 2.75) is 50.8 Å². The average molecular weight is 467 g/mol. The van der Waals surface area contributed by atoms with Crippen molar-refractivity contribution in [1.29, 1.82) is 0 Å². The molecule has 0 bridgehead atoms. The minimum absolute atomic E-state index is 0.0824. The number of carbonyl (C=O) groups excluding carboxylic acids is 2. The minimum atomic E-state index is -1.12. The van der Waals surface area contributed by atoms with E-state index < -0.39 is 36.2 Å². The summed E-state index contributed by atoms with van der Waals surface area (Å²) in [6.07, 6.45) is -0.720. The standard InChI is InChI=1S/C26H30N2O6/c1-3-15(2)22(24(29)27-21-12-13-33-23(21)25(30)31)28-26(32)34-14-20-18-10-6-4-8-16(18)17-9-5-7-11-19(17)20/h4-11,15,20-23H,3,12-14H2,1-2H3,(H,27,29)(H,28,32)(H,30,31)/t15-,21?,22-,23?/m0/s1. The molecule has 3 N–H and O–H groups in total. The number of ether oxygens (including phenoxy) is 2. The van der Waals surface area contributed by atoms with Gasteiger partial charge in [0.2, 0.25) is 5.91 Å². The third-order valence-electron chi connectivity index (χ3n) is 6.78. The fourth-order valence-corrected chi connectivity index (χ4v) is 4.72. The molecule has 0 aromatic heterocycles. The zero-order chi connectivity index (χ0) is 24.2. The van der Waals surface area contributed by atoms with Crippen LogP contribution < -0.4 is 10.6 Å². The van der Waals surface area contributed by atoms with E-state index in [-0.39, 0.29) is 25.0 Å². The lowest BCUT2D eigenvalue weighted by Gasteiger charge is -2.26. The lowest BCUT2D eigenvalue weighted by molar-refractivity contribution is -0.148. The van der Waals surface area contributed by atoms with E-state index in [0.717, 1.165) is 22.3 Å². The molecule has 2 aromatic carbocycles. The number of hydrogen-bond donors (Lipinski definition) is 3. The van der Waals surface area contributed by atoms with E-state index in [1.165, 1.54) is 0 Å². The molecule has 2 aromatic rings. The number of benzene rings is 2. The Balaban J connectivity index is 1.41. The van der Waals surface area contributed by atoms with Crippen molar-refractivity contribution < 1.29 is 29.0 Å². The van der Waals surface area contributed by atoms with Crippen molar-refractivity contribution in [3.8, 4) is 11.1 Å². The highest BCUT2D eigenvalue weighted by Crippen LogP contribution is 2.44. The summed E-state index contributed by atoms with van der Waals surface area (Å²) in [7, 11) is 0. The molecule has 1 saturated heterocycles. The Morgan fingerprint density at radius 1 is 1.09 bits per heavy atom. The molecule has 2 amide bonds. The monoisotopic (exact) mass is 466 g/mol. The summed E-state index contributed by atoms with van der Waals surface area (Å²) in [6.45, 7) is 4.18. The van der Waals surface area contributed by atoms with Crippen molar-refractivity contribution in [1.82, 2.24) is 10.6 Å². The van der Waals surface area contributed by atoms with Crippen molar-refractivity contribution >= 4 is 18.0 Å². The Bertz CT molecular complexity index is 1030. The third-order valence-corrected chi connectivity index (χ3v) is 6.78. The zero-order valence-electron chi connectivity index (χ0n) is 19.3. The molecule has 0 spiro atoms. The zero-order valence-corrected chi connectivity index (χ0v) is 19.3. The summed E-state index contributed by atoms with van der Waals surface area (Å²) in [6, 6.07) is 14.6. The molecule has 1 aliphatic heterocycles. The maximum atomic E-state index is 13.0. The van der Waals surface area contributed by atoms with Gasteiger partial charge < -0.3 is 25.2 Å². The van der Waals surface area contributed by atoms with Crippen LogP contribution in [0.3, 0.4) is 0 Å². The number of fused-ring (bicyclic) bond motifs is 3. The van der Waals surface area contributed by atoms with Gasteiger partial charge in [-0.05, 0) is 34.6 Å². The highest BCUT2D eigenvalue weighted by molar-refractivity contribution is 5.87. The molecule has 34 heavy (non-hydrogen) atoms. The summed E-state index contributed by atoms with van der Waals surface area (Å²) in [5.41, 5.74) is 4.48. The van der Waals surface area contributed by atoms with Crippen LogP contribution >= 0.6 is 0 Å². The molecule has 4 rings (SSSR count). The van der Waals surface area contributed by atoms with Gasteiger partial charge in [0.05, 0.1) is 6.04 Å². The Kier molecular flexibility index (Phi) is 7.17. The Morgan fingerprint density at radius 3 is 2.29 bits per heavy atom. The van der Waals surface area contributed by atoms with Gasteiger partial charge in [-0.25, -0.2) is 9.59 Å². The number of hydrogen-bond acceptors (Lipinski definition) is 5. The summed E-state index contributed by atoms with van der Waals surface area (Å²) in [5.74, 6) is -1.82. The number of rotatable bonds is 8. The van der Waals surface area contributed by atoms with E-state index in [2.05, 4.69) is 22.8 Å². The Morgan fingerprint density at radius 2 is 1.71 bits per heavy atom. The SMILES string of the molecule is CC[C@H](C)[C@H](NC(=O)OCC1c2ccccc2-c2ccccc21)C(=O)NC1CCOC1C(=O)O. The van der Waals surface area contributed by atoms with Crippen LogP contribution in [0.5, 0.6) is 0 Å². The predicted octanol–water partition coefficient (Wildman–Crippen LogP) is 3.30. The summed E-state index contributed by atoms with van der Waals surface area (Å²) >= 11 is 0. The van der Waals surface area contributed by atoms with Gasteiger partial charge in [-0.3, -0.25) is 4.79 Å². The van der Waals surface area contributed by atoms with Gasteiger partial charge >= 0.3 is 12.1 Å². The van der Waals surface area contributed by atoms with Gasteiger partial charge in [0.1, 0.15) is 12.6 Å². The highest BCUT2D eigenvalue weighted by atomic mass is 16.5. The van der Waals surface area contributed by atoms with Gasteiger partial charge in [-0.15, -0.1) is 0 Å². The number of amides is 2. The molecule has 4 atom stereocenters. The van der Waals surface area contributed by atoms with Gasteiger partial charge in [0.15, 0.2) is 6.10 Å². The molecule has 1 aliphatic carbocycles. The van der Waals surface area contributed by atoms with Gasteiger partial charge in [0.25, 0.3) is 0 Å². The van der Waals surface area contributed by atoms with E-state index in [1.807, 2.05) is 50.2 Å². The Labute approximate surface area is 198 Å². The van der Waals surface area contributed by atoms with Crippen LogP contribution in [0.15, 0.2) is 48.5 Å². The van der Waals surface area contributed by atoms with E-state index in [9.17, 15) is 19.5 Å². The first kappa shape index (κ1) is 23.8. The second-order valence-corrected chi connectivity index (χ2v) is 8.87. The minimum Gasteiger partial charge on any atom is -0.479 e. The van der Waals surface area contributed by atoms with Crippen LogP contribution in [0.1, 0.15) is 43.7 Å². The fourth-order valence-electron chi connectivity index (χ4n) is 4.72. The first-order valence-corrected chi connectivity index (χ1v) is 11.7. The second-order valence-electron chi connectivity index (χ2n) is 8.87. The van der Waals surface area contributed by atoms with Crippen molar-refractivity contribution in [3.63, 3.8) is 0 Å². The normalized spacial score (nSPS) is 20.6. The topological polar surface area (TPSA) is 114 Å². The van der Waals surface area contributed by atoms with Crippen LogP contribution in [0, 0.1) is 5.92 Å². The van der Waals surface area contributed by atoms with Crippen LogP contribution in [0.4, 0.5) is 4.79 Å². The molecular weight excluding hydrogens is 436 g/mol. The molecule has 1 heterocycles. The van der Waals surface area contributed by atoms with Crippen LogP contribution in [-0.4, -0.2) is 54.5 Å². The van der Waals surface area contributed by atoms with Crippen LogP contribution in [0.25, 0.3) is 11.1 Å². The van der Waals surface area contributed by atoms with Crippen molar-refractivity contribution in [2.75, 3.05) is 13.2 Å². The van der Waals surface area contributed by atoms with Crippen LogP contribution in [0.2, 0.25) is 0 Å². The quantitative estimate of drug-likeness (QED) is 0.550. The molecule has 2 unspecified atom stereocenters. The Hall–Kier alpha value is -3.39. The van der Waals surface area contributed by atoms with E-state index >= 15 is 0 Å². The van der Waals surface area contributed by atoms with E-state index in [1.54, 1.807) is 0 Å². The number of aliphatic carboxylic acids is 1. The van der Waals surface area contributed by atoms with Gasteiger partial charge in [0, 0.05) is 12.5 Å². The van der Waals surface area contributed by atoms with Crippen molar-refractivity contribution in [2.24, 2.45) is 5.92 Å². The van der Waals surface area contributed by atoms with Crippen LogP contribution in [-0.2, 0) is 19.1 Å². The average Bonchev–Trinajstić information content (AvgIpc) is 3.43. The number of alkyl carbamates (subject to hydrolysis) is 1. The number of carboxylic acid groups (broad SMARTS) is 1. The summed E-state index contributed by atoms with van der Waals surface area (Å²) < 4.78 is 10.8. The number of carbonyl (C=O) groups is 3. The first-order chi connectivity index (χ1) is 16.4. The summed E-state index contributed by atoms with van der Waals surface area (Å²) in [4.78, 5) is 37.0. The smallest absolute Gasteiger partial charge is 0.407 e. The molecule has 1 fully saturated rings. The highest BCUT2D eigenvalue weighted by Gasteiger charge is 2.38. The maximum Gasteiger partial charge on any atom is 0.407 e. The predicted molar refractivity (Wildman–Crippen MR) is 125 cm³/mol. The molecule has 0 saturated carbocycles. The number of nitrogens with one attached hydrogen (secondary N) is 2. The van der Waals surface area contributed by atoms with E-state index in [4.69, 9.17) is 9.47 Å². The van der Waals surface area contributed by atoms with E-state index in [0.29, 0.717) is 12.8 Å². The lowest BCUT2D eigenvalue weighted by atomic mass is 9.97.